The van der Waals surface area contributed by atoms with Crippen molar-refractivity contribution in [2.24, 2.45) is 0 Å². The van der Waals surface area contributed by atoms with Crippen LogP contribution in [0.4, 0.5) is 0 Å². The number of rotatable bonds is 7. The molecular weight excluding hydrogens is 410 g/mol. The molecule has 1 heterocycles. The molecule has 1 fully saturated rings. The van der Waals surface area contributed by atoms with Crippen molar-refractivity contribution < 1.29 is 24.2 Å². The minimum Gasteiger partial charge on any atom is -0.493 e. The van der Waals surface area contributed by atoms with Crippen LogP contribution in [0, 0.1) is 0 Å². The Balaban J connectivity index is 1.94. The number of thioether (sulfide) groups is 1. The molecular formula is C21H19NO5S2. The first-order valence-corrected chi connectivity index (χ1v) is 9.93. The normalized spacial score (nSPS) is 16.2. The van der Waals surface area contributed by atoms with E-state index in [1.54, 1.807) is 55.7 Å². The summed E-state index contributed by atoms with van der Waals surface area (Å²) >= 11 is 6.57. The number of benzene rings is 2. The average molecular weight is 430 g/mol. The summed E-state index contributed by atoms with van der Waals surface area (Å²) < 4.78 is 10.9. The van der Waals surface area contributed by atoms with Gasteiger partial charge in [-0.2, -0.15) is 0 Å². The Kier molecular flexibility index (Phi) is 6.56. The number of nitrogens with zero attached hydrogens (tertiary/aromatic N) is 1. The van der Waals surface area contributed by atoms with Crippen LogP contribution in [-0.4, -0.2) is 40.4 Å². The summed E-state index contributed by atoms with van der Waals surface area (Å²) in [7, 11) is 3.09. The number of hydrogen-bond acceptors (Lipinski definition) is 6. The first kappa shape index (κ1) is 20.9. The second-order valence-electron chi connectivity index (χ2n) is 6.19. The van der Waals surface area contributed by atoms with Crippen molar-refractivity contribution in [3.8, 4) is 11.5 Å². The molecule has 6 nitrogen and oxygen atoms in total. The Morgan fingerprint density at radius 2 is 1.86 bits per heavy atom. The van der Waals surface area contributed by atoms with Gasteiger partial charge in [-0.25, -0.2) is 0 Å². The van der Waals surface area contributed by atoms with Gasteiger partial charge in [0.25, 0.3) is 5.91 Å². The van der Waals surface area contributed by atoms with E-state index in [1.807, 2.05) is 6.07 Å². The maximum Gasteiger partial charge on any atom is 0.305 e. The number of carbonyl (C=O) groups excluding carboxylic acids is 1. The molecule has 0 unspecified atom stereocenters. The smallest absolute Gasteiger partial charge is 0.305 e. The number of aliphatic carboxylic acids is 1. The molecule has 1 atom stereocenters. The molecule has 0 spiro atoms. The van der Waals surface area contributed by atoms with E-state index in [1.165, 1.54) is 12.0 Å². The summed E-state index contributed by atoms with van der Waals surface area (Å²) in [5.74, 6) is -0.186. The lowest BCUT2D eigenvalue weighted by Crippen LogP contribution is -2.34. The van der Waals surface area contributed by atoms with Crippen molar-refractivity contribution in [2.45, 2.75) is 12.5 Å². The van der Waals surface area contributed by atoms with Crippen molar-refractivity contribution in [3.63, 3.8) is 0 Å². The Labute approximate surface area is 178 Å². The summed E-state index contributed by atoms with van der Waals surface area (Å²) in [4.78, 5) is 26.3. The largest absolute Gasteiger partial charge is 0.493 e. The number of ether oxygens (including phenoxy) is 2. The molecule has 0 aliphatic carbocycles. The van der Waals surface area contributed by atoms with Crippen LogP contribution in [0.15, 0.2) is 53.4 Å². The van der Waals surface area contributed by atoms with E-state index in [2.05, 4.69) is 0 Å². The second-order valence-corrected chi connectivity index (χ2v) is 7.87. The van der Waals surface area contributed by atoms with Crippen molar-refractivity contribution >= 4 is 46.3 Å². The molecule has 1 amide bonds. The summed E-state index contributed by atoms with van der Waals surface area (Å²) in [5, 5.41) is 9.36. The minimum absolute atomic E-state index is 0.236. The fraction of sp³-hybridized carbons (Fsp3) is 0.190. The van der Waals surface area contributed by atoms with Gasteiger partial charge in [-0.05, 0) is 29.3 Å². The van der Waals surface area contributed by atoms with Gasteiger partial charge in [-0.15, -0.1) is 0 Å². The predicted molar refractivity (Wildman–Crippen MR) is 116 cm³/mol. The standard InChI is InChI=1S/C21H19NO5S2/c1-26-16-9-8-13(10-17(16)27-2)11-18-20(25)22(21(28)29-18)15(12-19(23)24)14-6-4-3-5-7-14/h3-11,15H,12H2,1-2H3,(H,23,24)/b18-11+/t15-/m1/s1. The van der Waals surface area contributed by atoms with Crippen molar-refractivity contribution in [1.82, 2.24) is 4.90 Å². The van der Waals surface area contributed by atoms with Crippen molar-refractivity contribution in [3.05, 3.63) is 64.6 Å². The third-order valence-corrected chi connectivity index (χ3v) is 5.72. The summed E-state index contributed by atoms with van der Waals surface area (Å²) in [6.07, 6.45) is 1.48. The molecule has 0 bridgehead atoms. The summed E-state index contributed by atoms with van der Waals surface area (Å²) in [6.45, 7) is 0. The maximum absolute atomic E-state index is 13.1. The zero-order valence-corrected chi connectivity index (χ0v) is 17.5. The van der Waals surface area contributed by atoms with Crippen LogP contribution < -0.4 is 9.47 Å². The molecule has 1 aliphatic rings. The third kappa shape index (κ3) is 4.60. The molecule has 29 heavy (non-hydrogen) atoms. The van der Waals surface area contributed by atoms with Crippen LogP contribution in [0.2, 0.25) is 0 Å². The molecule has 2 aromatic carbocycles. The van der Waals surface area contributed by atoms with E-state index in [9.17, 15) is 14.7 Å². The quantitative estimate of drug-likeness (QED) is 0.524. The number of carboxylic acid groups (broad SMARTS) is 1. The molecule has 0 aromatic heterocycles. The van der Waals surface area contributed by atoms with E-state index in [-0.39, 0.29) is 12.3 Å². The lowest BCUT2D eigenvalue weighted by atomic mass is 10.0. The van der Waals surface area contributed by atoms with E-state index in [4.69, 9.17) is 21.7 Å². The molecule has 150 valence electrons. The van der Waals surface area contributed by atoms with Gasteiger partial charge in [0.1, 0.15) is 4.32 Å². The molecule has 1 saturated heterocycles. The highest BCUT2D eigenvalue weighted by Gasteiger charge is 2.38. The topological polar surface area (TPSA) is 76.1 Å². The Morgan fingerprint density at radius 1 is 1.17 bits per heavy atom. The highest BCUT2D eigenvalue weighted by atomic mass is 32.2. The third-order valence-electron chi connectivity index (χ3n) is 4.39. The molecule has 8 heteroatoms. The Morgan fingerprint density at radius 3 is 2.48 bits per heavy atom. The molecule has 1 N–H and O–H groups in total. The summed E-state index contributed by atoms with van der Waals surface area (Å²) in [6, 6.07) is 13.7. The number of thiocarbonyl (C=S) groups is 1. The predicted octanol–water partition coefficient (Wildman–Crippen LogP) is 4.12. The number of amides is 1. The van der Waals surface area contributed by atoms with E-state index >= 15 is 0 Å². The monoisotopic (exact) mass is 429 g/mol. The van der Waals surface area contributed by atoms with Gasteiger partial charge < -0.3 is 14.6 Å². The zero-order chi connectivity index (χ0) is 21.0. The van der Waals surface area contributed by atoms with Crippen LogP contribution in [0.25, 0.3) is 6.08 Å². The number of methoxy groups -OCH3 is 2. The van der Waals surface area contributed by atoms with Gasteiger partial charge in [-0.1, -0.05) is 60.4 Å². The SMILES string of the molecule is COc1ccc(/C=C2/SC(=S)N([C@H](CC(=O)O)c3ccccc3)C2=O)cc1OC. The van der Waals surface area contributed by atoms with Crippen LogP contribution in [0.5, 0.6) is 11.5 Å². The maximum atomic E-state index is 13.1. The van der Waals surface area contributed by atoms with Gasteiger partial charge in [0.05, 0.1) is 31.6 Å². The molecule has 2 aromatic rings. The van der Waals surface area contributed by atoms with E-state index in [0.29, 0.717) is 20.7 Å². The van der Waals surface area contributed by atoms with Crippen LogP contribution in [0.3, 0.4) is 0 Å². The van der Waals surface area contributed by atoms with Crippen LogP contribution in [-0.2, 0) is 9.59 Å². The number of carboxylic acids is 1. The van der Waals surface area contributed by atoms with Crippen LogP contribution >= 0.6 is 24.0 Å². The van der Waals surface area contributed by atoms with Gasteiger partial charge in [-0.3, -0.25) is 14.5 Å². The summed E-state index contributed by atoms with van der Waals surface area (Å²) in [5.41, 5.74) is 1.47. The van der Waals surface area contributed by atoms with Gasteiger partial charge in [0.15, 0.2) is 11.5 Å². The highest BCUT2D eigenvalue weighted by Crippen LogP contribution is 2.40. The second kappa shape index (κ2) is 9.11. The first-order valence-electron chi connectivity index (χ1n) is 8.70. The molecule has 1 aliphatic heterocycles. The van der Waals surface area contributed by atoms with E-state index < -0.39 is 12.0 Å². The van der Waals surface area contributed by atoms with E-state index in [0.717, 1.165) is 22.9 Å². The van der Waals surface area contributed by atoms with Crippen molar-refractivity contribution in [1.29, 1.82) is 0 Å². The van der Waals surface area contributed by atoms with Crippen molar-refractivity contribution in [2.75, 3.05) is 14.2 Å². The lowest BCUT2D eigenvalue weighted by molar-refractivity contribution is -0.138. The molecule has 0 radical (unpaired) electrons. The van der Waals surface area contributed by atoms with Gasteiger partial charge in [0.2, 0.25) is 0 Å². The Hall–Kier alpha value is -2.84. The van der Waals surface area contributed by atoms with Gasteiger partial charge in [0, 0.05) is 0 Å². The number of hydrogen-bond donors (Lipinski definition) is 1. The average Bonchev–Trinajstić information content (AvgIpc) is 2.99. The molecule has 0 saturated carbocycles. The first-order chi connectivity index (χ1) is 13.9. The number of carbonyl (C=O) groups is 2. The van der Waals surface area contributed by atoms with Crippen LogP contribution in [0.1, 0.15) is 23.6 Å². The fourth-order valence-corrected chi connectivity index (χ4v) is 4.40. The minimum atomic E-state index is -1.00. The van der Waals surface area contributed by atoms with Gasteiger partial charge >= 0.3 is 5.97 Å². The zero-order valence-electron chi connectivity index (χ0n) is 15.8. The lowest BCUT2D eigenvalue weighted by Gasteiger charge is -2.26. The fourth-order valence-electron chi connectivity index (χ4n) is 3.04. The Bertz CT molecular complexity index is 974. The highest BCUT2D eigenvalue weighted by molar-refractivity contribution is 8.26. The molecule has 3 rings (SSSR count).